The molecule has 2 atom stereocenters. The number of hydrogen-bond donors (Lipinski definition) is 2. The van der Waals surface area contributed by atoms with Crippen molar-refractivity contribution in [3.05, 3.63) is 35.9 Å². The molecule has 1 heterocycles. The monoisotopic (exact) mass is 260 g/mol. The fourth-order valence-corrected chi connectivity index (χ4v) is 2.55. The smallest absolute Gasteiger partial charge is 0.0933 e. The number of hydrogen-bond acceptors (Lipinski definition) is 3. The Morgan fingerprint density at radius 3 is 2.63 bits per heavy atom. The van der Waals surface area contributed by atoms with Gasteiger partial charge in [-0.05, 0) is 38.3 Å². The minimum atomic E-state index is -0.423. The average molecular weight is 260 g/mol. The summed E-state index contributed by atoms with van der Waals surface area (Å²) in [4.78, 5) is 4.82. The van der Waals surface area contributed by atoms with E-state index in [2.05, 4.69) is 38.2 Å². The lowest BCUT2D eigenvalue weighted by molar-refractivity contribution is 0.211. The first-order valence-corrected chi connectivity index (χ1v) is 7.02. The molecule has 3 nitrogen and oxygen atoms in total. The van der Waals surface area contributed by atoms with Gasteiger partial charge in [0.25, 0.3) is 0 Å². The van der Waals surface area contributed by atoms with E-state index >= 15 is 0 Å². The van der Waals surface area contributed by atoms with Crippen LogP contribution < -0.4 is 5.32 Å². The summed E-state index contributed by atoms with van der Waals surface area (Å²) in [6, 6.07) is 10.2. The molecule has 1 aromatic rings. The molecule has 0 radical (unpaired) electrons. The molecular weight excluding hydrogens is 236 g/mol. The first kappa shape index (κ1) is 14.2. The predicted molar refractivity (Wildman–Crippen MR) is 79.6 cm³/mol. The quantitative estimate of drug-likeness (QED) is 0.857. The van der Waals surface area contributed by atoms with Gasteiger partial charge in [0.05, 0.1) is 17.4 Å². The van der Waals surface area contributed by atoms with E-state index in [1.54, 1.807) is 0 Å². The molecule has 1 fully saturated rings. The molecule has 0 spiro atoms. The van der Waals surface area contributed by atoms with Crippen LogP contribution in [0.15, 0.2) is 35.3 Å². The summed E-state index contributed by atoms with van der Waals surface area (Å²) < 4.78 is 0. The molecule has 1 aliphatic heterocycles. The van der Waals surface area contributed by atoms with Crippen LogP contribution in [0.25, 0.3) is 0 Å². The van der Waals surface area contributed by atoms with E-state index in [0.717, 1.165) is 18.7 Å². The molecule has 2 N–H and O–H groups in total. The minimum absolute atomic E-state index is 0.299. The van der Waals surface area contributed by atoms with Gasteiger partial charge >= 0.3 is 0 Å². The molecule has 2 unspecified atom stereocenters. The van der Waals surface area contributed by atoms with Crippen LogP contribution in [0.3, 0.4) is 0 Å². The van der Waals surface area contributed by atoms with Gasteiger partial charge < -0.3 is 10.4 Å². The average Bonchev–Trinajstić information content (AvgIpc) is 2.52. The van der Waals surface area contributed by atoms with Crippen LogP contribution in [-0.2, 0) is 5.54 Å². The highest BCUT2D eigenvalue weighted by molar-refractivity contribution is 5.91. The van der Waals surface area contributed by atoms with Gasteiger partial charge in [-0.15, -0.1) is 0 Å². The fraction of sp³-hybridized carbons (Fsp3) is 0.562. The Morgan fingerprint density at radius 2 is 1.95 bits per heavy atom. The summed E-state index contributed by atoms with van der Waals surface area (Å²) in [6.45, 7) is 7.97. The SMILES string of the molecule is CC1CNCC(=NC(C)(C)c2ccccc2)C(O)C1. The topological polar surface area (TPSA) is 44.6 Å². The molecule has 0 amide bonds. The third-order valence-corrected chi connectivity index (χ3v) is 3.71. The molecule has 0 aliphatic carbocycles. The second-order valence-electron chi connectivity index (χ2n) is 6.02. The largest absolute Gasteiger partial charge is 0.387 e. The van der Waals surface area contributed by atoms with Crippen molar-refractivity contribution in [1.82, 2.24) is 5.32 Å². The molecule has 1 saturated heterocycles. The Kier molecular flexibility index (Phi) is 4.38. The molecule has 1 aromatic carbocycles. The van der Waals surface area contributed by atoms with Gasteiger partial charge in [0, 0.05) is 6.54 Å². The Morgan fingerprint density at radius 1 is 1.26 bits per heavy atom. The van der Waals surface area contributed by atoms with Crippen LogP contribution in [0.4, 0.5) is 0 Å². The molecule has 0 aromatic heterocycles. The molecule has 0 saturated carbocycles. The summed E-state index contributed by atoms with van der Waals surface area (Å²) in [7, 11) is 0. The van der Waals surface area contributed by atoms with E-state index in [4.69, 9.17) is 4.99 Å². The second-order valence-corrected chi connectivity index (χ2v) is 6.02. The fourth-order valence-electron chi connectivity index (χ4n) is 2.55. The number of aliphatic imine (C=N–C) groups is 1. The Labute approximate surface area is 115 Å². The van der Waals surface area contributed by atoms with Crippen molar-refractivity contribution in [2.45, 2.75) is 38.8 Å². The van der Waals surface area contributed by atoms with E-state index in [9.17, 15) is 5.11 Å². The molecule has 2 rings (SSSR count). The number of nitrogens with zero attached hydrogens (tertiary/aromatic N) is 1. The zero-order valence-corrected chi connectivity index (χ0v) is 12.1. The zero-order chi connectivity index (χ0) is 13.9. The van der Waals surface area contributed by atoms with Crippen molar-refractivity contribution >= 4 is 5.71 Å². The number of nitrogens with one attached hydrogen (secondary N) is 1. The van der Waals surface area contributed by atoms with Crippen molar-refractivity contribution in [2.75, 3.05) is 13.1 Å². The summed E-state index contributed by atoms with van der Waals surface area (Å²) >= 11 is 0. The van der Waals surface area contributed by atoms with E-state index in [0.29, 0.717) is 12.5 Å². The van der Waals surface area contributed by atoms with E-state index in [1.807, 2.05) is 18.2 Å². The van der Waals surface area contributed by atoms with Crippen LogP contribution in [0, 0.1) is 5.92 Å². The van der Waals surface area contributed by atoms with Gasteiger partial charge in [0.2, 0.25) is 0 Å². The van der Waals surface area contributed by atoms with Crippen LogP contribution >= 0.6 is 0 Å². The van der Waals surface area contributed by atoms with Gasteiger partial charge in [-0.3, -0.25) is 4.99 Å². The number of rotatable bonds is 2. The van der Waals surface area contributed by atoms with Gasteiger partial charge in [0.15, 0.2) is 0 Å². The van der Waals surface area contributed by atoms with Crippen LogP contribution in [0.5, 0.6) is 0 Å². The Hall–Kier alpha value is -1.19. The lowest BCUT2D eigenvalue weighted by Gasteiger charge is -2.24. The maximum Gasteiger partial charge on any atom is 0.0933 e. The molecular formula is C16H24N2O. The van der Waals surface area contributed by atoms with E-state index in [-0.39, 0.29) is 5.54 Å². The molecule has 1 aliphatic rings. The maximum absolute atomic E-state index is 10.3. The van der Waals surface area contributed by atoms with E-state index < -0.39 is 6.10 Å². The van der Waals surface area contributed by atoms with Crippen LogP contribution in [0.2, 0.25) is 0 Å². The summed E-state index contributed by atoms with van der Waals surface area (Å²) in [5, 5.41) is 13.6. The van der Waals surface area contributed by atoms with Gasteiger partial charge in [-0.25, -0.2) is 0 Å². The first-order chi connectivity index (χ1) is 8.99. The minimum Gasteiger partial charge on any atom is -0.387 e. The lowest BCUT2D eigenvalue weighted by Crippen LogP contribution is -2.31. The molecule has 0 bridgehead atoms. The van der Waals surface area contributed by atoms with Gasteiger partial charge in [-0.1, -0.05) is 37.3 Å². The summed E-state index contributed by atoms with van der Waals surface area (Å²) in [6.07, 6.45) is 0.365. The number of benzene rings is 1. The maximum atomic E-state index is 10.3. The van der Waals surface area contributed by atoms with Crippen molar-refractivity contribution in [3.8, 4) is 0 Å². The highest BCUT2D eigenvalue weighted by Gasteiger charge is 2.25. The normalized spacial score (nSPS) is 27.3. The van der Waals surface area contributed by atoms with Gasteiger partial charge in [0.1, 0.15) is 0 Å². The van der Waals surface area contributed by atoms with Crippen molar-refractivity contribution in [3.63, 3.8) is 0 Å². The lowest BCUT2D eigenvalue weighted by atomic mass is 9.94. The van der Waals surface area contributed by atoms with Crippen molar-refractivity contribution in [1.29, 1.82) is 0 Å². The van der Waals surface area contributed by atoms with Crippen LogP contribution in [0.1, 0.15) is 32.8 Å². The third kappa shape index (κ3) is 3.64. The summed E-state index contributed by atoms with van der Waals surface area (Å²) in [5.74, 6) is 0.488. The third-order valence-electron chi connectivity index (χ3n) is 3.71. The van der Waals surface area contributed by atoms with E-state index in [1.165, 1.54) is 5.56 Å². The van der Waals surface area contributed by atoms with Crippen molar-refractivity contribution < 1.29 is 5.11 Å². The second kappa shape index (κ2) is 5.85. The summed E-state index contributed by atoms with van der Waals surface area (Å²) in [5.41, 5.74) is 1.75. The van der Waals surface area contributed by atoms with Gasteiger partial charge in [-0.2, -0.15) is 0 Å². The zero-order valence-electron chi connectivity index (χ0n) is 12.1. The number of aliphatic hydroxyl groups excluding tert-OH is 1. The molecule has 3 heteroatoms. The predicted octanol–water partition coefficient (Wildman–Crippen LogP) is 2.35. The highest BCUT2D eigenvalue weighted by atomic mass is 16.3. The van der Waals surface area contributed by atoms with Crippen LogP contribution in [-0.4, -0.2) is 30.0 Å². The Balaban J connectivity index is 2.23. The van der Waals surface area contributed by atoms with Crippen molar-refractivity contribution in [2.24, 2.45) is 10.9 Å². The highest BCUT2D eigenvalue weighted by Crippen LogP contribution is 2.25. The standard InChI is InChI=1S/C16H24N2O/c1-12-9-15(19)14(11-17-10-12)18-16(2,3)13-7-5-4-6-8-13/h4-8,12,15,17,19H,9-11H2,1-3H3. The number of aliphatic hydroxyl groups is 1. The Bertz CT molecular complexity index is 439. The molecule has 19 heavy (non-hydrogen) atoms. The first-order valence-electron chi connectivity index (χ1n) is 7.02. The molecule has 104 valence electrons.